The van der Waals surface area contributed by atoms with Crippen LogP contribution in [0.1, 0.15) is 24.0 Å². The molecule has 2 saturated heterocycles. The number of carbonyl (C=O) groups is 2. The molecule has 2 aliphatic heterocycles. The van der Waals surface area contributed by atoms with Crippen molar-refractivity contribution in [1.82, 2.24) is 9.80 Å². The van der Waals surface area contributed by atoms with Crippen molar-refractivity contribution in [2.24, 2.45) is 17.6 Å². The molecule has 2 N–H and O–H groups in total. The molecule has 2 fully saturated rings. The molecule has 6 heteroatoms. The quantitative estimate of drug-likeness (QED) is 0.895. The SMILES string of the molecule is Cc1ccc(CN2CC(C(=O)N3CCC(CN)C3)CC2=O)cc1.Cl. The number of rotatable bonds is 4. The normalized spacial score (nSPS) is 23.5. The monoisotopic (exact) mass is 351 g/mol. The first-order chi connectivity index (χ1) is 11.1. The highest BCUT2D eigenvalue weighted by atomic mass is 35.5. The largest absolute Gasteiger partial charge is 0.342 e. The van der Waals surface area contributed by atoms with Crippen LogP contribution in [0.5, 0.6) is 0 Å². The third kappa shape index (κ3) is 4.08. The van der Waals surface area contributed by atoms with Crippen molar-refractivity contribution in [3.05, 3.63) is 35.4 Å². The molecule has 0 saturated carbocycles. The first-order valence-corrected chi connectivity index (χ1v) is 8.39. The van der Waals surface area contributed by atoms with Gasteiger partial charge in [0, 0.05) is 32.6 Å². The maximum atomic E-state index is 12.6. The Hall–Kier alpha value is -1.59. The molecule has 1 aromatic rings. The van der Waals surface area contributed by atoms with E-state index in [-0.39, 0.29) is 30.1 Å². The zero-order valence-corrected chi connectivity index (χ0v) is 14.9. The van der Waals surface area contributed by atoms with Crippen LogP contribution in [0.4, 0.5) is 0 Å². The Kier molecular flexibility index (Phi) is 6.24. The van der Waals surface area contributed by atoms with Crippen LogP contribution in [0.2, 0.25) is 0 Å². The molecule has 2 unspecified atom stereocenters. The molecule has 0 bridgehead atoms. The van der Waals surface area contributed by atoms with Gasteiger partial charge in [0.2, 0.25) is 11.8 Å². The van der Waals surface area contributed by atoms with Gasteiger partial charge in [-0.1, -0.05) is 29.8 Å². The molecule has 2 aliphatic rings. The molecular formula is C18H26ClN3O2. The van der Waals surface area contributed by atoms with Crippen LogP contribution in [0.15, 0.2) is 24.3 Å². The van der Waals surface area contributed by atoms with E-state index in [0.717, 1.165) is 25.1 Å². The summed E-state index contributed by atoms with van der Waals surface area (Å²) in [7, 11) is 0. The van der Waals surface area contributed by atoms with Gasteiger partial charge in [-0.3, -0.25) is 9.59 Å². The third-order valence-electron chi connectivity index (χ3n) is 4.99. The highest BCUT2D eigenvalue weighted by Crippen LogP contribution is 2.25. The highest BCUT2D eigenvalue weighted by Gasteiger charge is 2.38. The van der Waals surface area contributed by atoms with Crippen LogP contribution in [0.25, 0.3) is 0 Å². The van der Waals surface area contributed by atoms with Gasteiger partial charge in [-0.2, -0.15) is 0 Å². The predicted octanol–water partition coefficient (Wildman–Crippen LogP) is 1.57. The number of hydrogen-bond donors (Lipinski definition) is 1. The second kappa shape index (κ2) is 7.99. The van der Waals surface area contributed by atoms with Gasteiger partial charge in [0.15, 0.2) is 0 Å². The fraction of sp³-hybridized carbons (Fsp3) is 0.556. The number of amides is 2. The number of nitrogens with two attached hydrogens (primary N) is 1. The van der Waals surface area contributed by atoms with Gasteiger partial charge in [-0.15, -0.1) is 12.4 Å². The smallest absolute Gasteiger partial charge is 0.228 e. The molecule has 24 heavy (non-hydrogen) atoms. The van der Waals surface area contributed by atoms with Gasteiger partial charge in [0.05, 0.1) is 5.92 Å². The summed E-state index contributed by atoms with van der Waals surface area (Å²) in [5.41, 5.74) is 8.01. The number of carbonyl (C=O) groups excluding carboxylic acids is 2. The van der Waals surface area contributed by atoms with Crippen LogP contribution in [0, 0.1) is 18.8 Å². The van der Waals surface area contributed by atoms with Crippen LogP contribution in [0.3, 0.4) is 0 Å². The lowest BCUT2D eigenvalue weighted by Crippen LogP contribution is -2.36. The fourth-order valence-electron chi connectivity index (χ4n) is 3.49. The van der Waals surface area contributed by atoms with E-state index in [1.54, 1.807) is 0 Å². The zero-order chi connectivity index (χ0) is 16.4. The van der Waals surface area contributed by atoms with Crippen LogP contribution >= 0.6 is 12.4 Å². The van der Waals surface area contributed by atoms with Gasteiger partial charge < -0.3 is 15.5 Å². The molecule has 0 aliphatic carbocycles. The van der Waals surface area contributed by atoms with Gasteiger partial charge in [-0.05, 0) is 31.4 Å². The Morgan fingerprint density at radius 3 is 2.58 bits per heavy atom. The van der Waals surface area contributed by atoms with Crippen molar-refractivity contribution >= 4 is 24.2 Å². The van der Waals surface area contributed by atoms with Gasteiger partial charge in [0.25, 0.3) is 0 Å². The Labute approximate surface area is 149 Å². The van der Waals surface area contributed by atoms with E-state index in [1.165, 1.54) is 5.56 Å². The maximum Gasteiger partial charge on any atom is 0.228 e. The number of hydrogen-bond acceptors (Lipinski definition) is 3. The number of aryl methyl sites for hydroxylation is 1. The van der Waals surface area contributed by atoms with Crippen LogP contribution in [-0.2, 0) is 16.1 Å². The minimum atomic E-state index is -0.190. The summed E-state index contributed by atoms with van der Waals surface area (Å²) in [6.45, 7) is 5.34. The molecule has 3 rings (SSSR count). The van der Waals surface area contributed by atoms with Crippen molar-refractivity contribution in [3.63, 3.8) is 0 Å². The lowest BCUT2D eigenvalue weighted by molar-refractivity contribution is -0.135. The Morgan fingerprint density at radius 2 is 1.96 bits per heavy atom. The topological polar surface area (TPSA) is 66.6 Å². The second-order valence-electron chi connectivity index (χ2n) is 6.84. The lowest BCUT2D eigenvalue weighted by Gasteiger charge is -2.21. The lowest BCUT2D eigenvalue weighted by atomic mass is 10.1. The summed E-state index contributed by atoms with van der Waals surface area (Å²) in [6.07, 6.45) is 1.32. The molecule has 2 heterocycles. The molecule has 0 aromatic heterocycles. The van der Waals surface area contributed by atoms with Crippen molar-refractivity contribution < 1.29 is 9.59 Å². The second-order valence-corrected chi connectivity index (χ2v) is 6.84. The molecule has 2 atom stereocenters. The van der Waals surface area contributed by atoms with E-state index < -0.39 is 0 Å². The van der Waals surface area contributed by atoms with E-state index in [4.69, 9.17) is 5.73 Å². The average Bonchev–Trinajstić information content (AvgIpc) is 3.16. The fourth-order valence-corrected chi connectivity index (χ4v) is 3.49. The Morgan fingerprint density at radius 1 is 1.25 bits per heavy atom. The number of nitrogens with zero attached hydrogens (tertiary/aromatic N) is 2. The molecule has 5 nitrogen and oxygen atoms in total. The molecule has 0 radical (unpaired) electrons. The van der Waals surface area contributed by atoms with E-state index in [1.807, 2.05) is 28.9 Å². The van der Waals surface area contributed by atoms with E-state index in [0.29, 0.717) is 32.0 Å². The van der Waals surface area contributed by atoms with Crippen molar-refractivity contribution in [2.75, 3.05) is 26.2 Å². The summed E-state index contributed by atoms with van der Waals surface area (Å²) >= 11 is 0. The summed E-state index contributed by atoms with van der Waals surface area (Å²) in [4.78, 5) is 28.5. The molecule has 132 valence electrons. The molecule has 2 amide bonds. The summed E-state index contributed by atoms with van der Waals surface area (Å²) in [5.74, 6) is 0.434. The van der Waals surface area contributed by atoms with Gasteiger partial charge >= 0.3 is 0 Å². The molecular weight excluding hydrogens is 326 g/mol. The summed E-state index contributed by atoms with van der Waals surface area (Å²) in [5, 5.41) is 0. The van der Waals surface area contributed by atoms with Gasteiger partial charge in [-0.25, -0.2) is 0 Å². The first kappa shape index (κ1) is 18.7. The number of benzene rings is 1. The van der Waals surface area contributed by atoms with Gasteiger partial charge in [0.1, 0.15) is 0 Å². The minimum absolute atomic E-state index is 0. The average molecular weight is 352 g/mol. The summed E-state index contributed by atoms with van der Waals surface area (Å²) < 4.78 is 0. The zero-order valence-electron chi connectivity index (χ0n) is 14.1. The maximum absolute atomic E-state index is 12.6. The predicted molar refractivity (Wildman–Crippen MR) is 95.7 cm³/mol. The number of likely N-dealkylation sites (tertiary alicyclic amines) is 2. The first-order valence-electron chi connectivity index (χ1n) is 8.39. The van der Waals surface area contributed by atoms with E-state index >= 15 is 0 Å². The van der Waals surface area contributed by atoms with Crippen molar-refractivity contribution in [2.45, 2.75) is 26.3 Å². The van der Waals surface area contributed by atoms with E-state index in [9.17, 15) is 9.59 Å². The molecule has 0 spiro atoms. The van der Waals surface area contributed by atoms with E-state index in [2.05, 4.69) is 12.1 Å². The number of halogens is 1. The highest BCUT2D eigenvalue weighted by molar-refractivity contribution is 5.89. The Balaban J connectivity index is 0.00000208. The minimum Gasteiger partial charge on any atom is -0.342 e. The summed E-state index contributed by atoms with van der Waals surface area (Å²) in [6, 6.07) is 8.19. The standard InChI is InChI=1S/C18H25N3O2.ClH/c1-13-2-4-14(5-3-13)10-21-12-16(8-17(21)22)18(23)20-7-6-15(9-19)11-20;/h2-5,15-16H,6-12,19H2,1H3;1H. The van der Waals surface area contributed by atoms with Crippen molar-refractivity contribution in [1.29, 1.82) is 0 Å². The third-order valence-corrected chi connectivity index (χ3v) is 4.99. The van der Waals surface area contributed by atoms with Crippen LogP contribution < -0.4 is 5.73 Å². The Bertz CT molecular complexity index is 590. The van der Waals surface area contributed by atoms with Crippen LogP contribution in [-0.4, -0.2) is 47.8 Å². The van der Waals surface area contributed by atoms with Crippen molar-refractivity contribution in [3.8, 4) is 0 Å². The molecule has 1 aromatic carbocycles.